The molecule has 1 amide bonds. The molecule has 0 aliphatic heterocycles. The number of hydrogen-bond donors (Lipinski definition) is 1. The Hall–Kier alpha value is -3.45. The van der Waals surface area contributed by atoms with Crippen molar-refractivity contribution >= 4 is 27.5 Å². The highest BCUT2D eigenvalue weighted by molar-refractivity contribution is 7.17. The minimum atomic E-state index is -0.214. The van der Waals surface area contributed by atoms with E-state index in [1.807, 2.05) is 66.9 Å². The molecule has 4 aromatic rings. The van der Waals surface area contributed by atoms with Gasteiger partial charge in [-0.2, -0.15) is 0 Å². The normalized spacial score (nSPS) is 10.9. The van der Waals surface area contributed by atoms with Crippen molar-refractivity contribution in [3.63, 3.8) is 0 Å². The van der Waals surface area contributed by atoms with E-state index in [0.717, 1.165) is 28.9 Å². The Kier molecular flexibility index (Phi) is 6.43. The smallest absolute Gasteiger partial charge is 0.263 e. The second kappa shape index (κ2) is 9.57. The van der Waals surface area contributed by atoms with Crippen molar-refractivity contribution in [3.05, 3.63) is 82.2 Å². The molecule has 0 fully saturated rings. The zero-order chi connectivity index (χ0) is 21.6. The maximum Gasteiger partial charge on any atom is 0.263 e. The summed E-state index contributed by atoms with van der Waals surface area (Å²) in [6.07, 6.45) is 2.19. The quantitative estimate of drug-likeness (QED) is 0.458. The minimum absolute atomic E-state index is 0.0604. The van der Waals surface area contributed by atoms with Gasteiger partial charge in [0.2, 0.25) is 5.91 Å². The van der Waals surface area contributed by atoms with Gasteiger partial charge in [-0.05, 0) is 36.6 Å². The Bertz CT molecular complexity index is 1230. The largest absolute Gasteiger partial charge is 0.494 e. The zero-order valence-electron chi connectivity index (χ0n) is 17.2. The lowest BCUT2D eigenvalue weighted by Crippen LogP contribution is -2.33. The molecule has 31 heavy (non-hydrogen) atoms. The highest BCUT2D eigenvalue weighted by Gasteiger charge is 2.15. The van der Waals surface area contributed by atoms with E-state index in [0.29, 0.717) is 23.4 Å². The first-order valence-electron chi connectivity index (χ1n) is 10.2. The summed E-state index contributed by atoms with van der Waals surface area (Å²) in [6, 6.07) is 17.6. The first kappa shape index (κ1) is 20.8. The van der Waals surface area contributed by atoms with Gasteiger partial charge in [0.15, 0.2) is 0 Å². The van der Waals surface area contributed by atoms with Crippen molar-refractivity contribution in [2.45, 2.75) is 19.9 Å². The molecule has 6 nitrogen and oxygen atoms in total. The third-order valence-corrected chi connectivity index (χ3v) is 5.82. The van der Waals surface area contributed by atoms with Crippen LogP contribution in [0.5, 0.6) is 5.75 Å². The molecule has 2 heterocycles. The molecule has 0 bridgehead atoms. The third-order valence-electron chi connectivity index (χ3n) is 4.93. The summed E-state index contributed by atoms with van der Waals surface area (Å²) in [4.78, 5) is 30.5. The lowest BCUT2D eigenvalue weighted by atomic mass is 10.1. The van der Waals surface area contributed by atoms with Gasteiger partial charge in [0.05, 0.1) is 18.3 Å². The fourth-order valence-electron chi connectivity index (χ4n) is 3.39. The Labute approximate surface area is 184 Å². The van der Waals surface area contributed by atoms with Crippen LogP contribution < -0.4 is 15.6 Å². The first-order chi connectivity index (χ1) is 15.2. The SMILES string of the molecule is CCOc1ccc(-c2csc3ncn(CC(=O)NCCc4ccccc4)c(=O)c23)cc1. The van der Waals surface area contributed by atoms with Crippen LogP contribution in [0.4, 0.5) is 0 Å². The lowest BCUT2D eigenvalue weighted by Gasteiger charge is -2.08. The van der Waals surface area contributed by atoms with E-state index in [9.17, 15) is 9.59 Å². The molecule has 0 aliphatic carbocycles. The maximum absolute atomic E-state index is 13.1. The number of ether oxygens (including phenoxy) is 1. The number of benzene rings is 2. The van der Waals surface area contributed by atoms with Gasteiger partial charge in [-0.3, -0.25) is 14.2 Å². The molecule has 0 atom stereocenters. The van der Waals surface area contributed by atoms with Crippen LogP contribution in [0.1, 0.15) is 12.5 Å². The Morgan fingerprint density at radius 3 is 2.65 bits per heavy atom. The van der Waals surface area contributed by atoms with Crippen LogP contribution in [-0.2, 0) is 17.8 Å². The number of carbonyl (C=O) groups excluding carboxylic acids is 1. The highest BCUT2D eigenvalue weighted by atomic mass is 32.1. The van der Waals surface area contributed by atoms with Gasteiger partial charge in [0, 0.05) is 17.5 Å². The molecule has 0 aliphatic rings. The molecule has 2 aromatic heterocycles. The van der Waals surface area contributed by atoms with Crippen molar-refractivity contribution in [1.82, 2.24) is 14.9 Å². The summed E-state index contributed by atoms with van der Waals surface area (Å²) in [5.41, 5.74) is 2.67. The summed E-state index contributed by atoms with van der Waals surface area (Å²) in [6.45, 7) is 2.99. The molecule has 0 saturated heterocycles. The number of nitrogens with zero attached hydrogens (tertiary/aromatic N) is 2. The molecule has 1 N–H and O–H groups in total. The van der Waals surface area contributed by atoms with Crippen LogP contribution in [0.25, 0.3) is 21.3 Å². The van der Waals surface area contributed by atoms with E-state index in [-0.39, 0.29) is 18.0 Å². The Morgan fingerprint density at radius 1 is 1.13 bits per heavy atom. The van der Waals surface area contributed by atoms with Gasteiger partial charge >= 0.3 is 0 Å². The Morgan fingerprint density at radius 2 is 1.90 bits per heavy atom. The molecular formula is C24H23N3O3S. The van der Waals surface area contributed by atoms with Gasteiger partial charge in [-0.15, -0.1) is 11.3 Å². The average molecular weight is 434 g/mol. The topological polar surface area (TPSA) is 73.2 Å². The molecule has 2 aromatic carbocycles. The fourth-order valence-corrected chi connectivity index (χ4v) is 4.30. The number of thiophene rings is 1. The van der Waals surface area contributed by atoms with Gasteiger partial charge in [0.1, 0.15) is 17.1 Å². The fraction of sp³-hybridized carbons (Fsp3) is 0.208. The summed E-state index contributed by atoms with van der Waals surface area (Å²) in [7, 11) is 0. The van der Waals surface area contributed by atoms with Gasteiger partial charge in [0.25, 0.3) is 5.56 Å². The predicted molar refractivity (Wildman–Crippen MR) is 124 cm³/mol. The number of carbonyl (C=O) groups is 1. The average Bonchev–Trinajstić information content (AvgIpc) is 3.22. The molecule has 0 radical (unpaired) electrons. The van der Waals surface area contributed by atoms with Gasteiger partial charge < -0.3 is 10.1 Å². The predicted octanol–water partition coefficient (Wildman–Crippen LogP) is 3.88. The molecule has 0 spiro atoms. The monoisotopic (exact) mass is 433 g/mol. The van der Waals surface area contributed by atoms with Crippen molar-refractivity contribution in [2.75, 3.05) is 13.2 Å². The molecule has 4 rings (SSSR count). The highest BCUT2D eigenvalue weighted by Crippen LogP contribution is 2.31. The molecule has 0 saturated carbocycles. The number of fused-ring (bicyclic) bond motifs is 1. The van der Waals surface area contributed by atoms with Crippen LogP contribution in [-0.4, -0.2) is 28.6 Å². The summed E-state index contributed by atoms with van der Waals surface area (Å²) >= 11 is 1.42. The first-order valence-corrected chi connectivity index (χ1v) is 11.0. The molecule has 7 heteroatoms. The number of nitrogens with one attached hydrogen (secondary N) is 1. The zero-order valence-corrected chi connectivity index (χ0v) is 18.0. The minimum Gasteiger partial charge on any atom is -0.494 e. The van der Waals surface area contributed by atoms with Gasteiger partial charge in [-0.1, -0.05) is 42.5 Å². The van der Waals surface area contributed by atoms with E-state index < -0.39 is 0 Å². The van der Waals surface area contributed by atoms with Crippen molar-refractivity contribution in [1.29, 1.82) is 0 Å². The molecule has 158 valence electrons. The second-order valence-corrected chi connectivity index (χ2v) is 7.91. The van der Waals surface area contributed by atoms with Crippen LogP contribution in [0, 0.1) is 0 Å². The van der Waals surface area contributed by atoms with E-state index >= 15 is 0 Å². The number of rotatable bonds is 8. The van der Waals surface area contributed by atoms with E-state index in [2.05, 4.69) is 10.3 Å². The van der Waals surface area contributed by atoms with Crippen LogP contribution in [0.2, 0.25) is 0 Å². The summed E-state index contributed by atoms with van der Waals surface area (Å²) < 4.78 is 6.86. The van der Waals surface area contributed by atoms with Crippen molar-refractivity contribution < 1.29 is 9.53 Å². The number of amides is 1. The lowest BCUT2D eigenvalue weighted by molar-refractivity contribution is -0.121. The second-order valence-electron chi connectivity index (χ2n) is 7.05. The van der Waals surface area contributed by atoms with Gasteiger partial charge in [-0.25, -0.2) is 4.98 Å². The summed E-state index contributed by atoms with van der Waals surface area (Å²) in [5, 5.41) is 5.34. The van der Waals surface area contributed by atoms with E-state index in [1.165, 1.54) is 22.2 Å². The molecule has 0 unspecified atom stereocenters. The maximum atomic E-state index is 13.1. The standard InChI is InChI=1S/C24H23N3O3S/c1-2-30-19-10-8-18(9-11-19)20-15-31-23-22(20)24(29)27(16-26-23)14-21(28)25-13-12-17-6-4-3-5-7-17/h3-11,15-16H,2,12-14H2,1H3,(H,25,28). The van der Waals surface area contributed by atoms with Crippen LogP contribution in [0.15, 0.2) is 71.1 Å². The number of hydrogen-bond acceptors (Lipinski definition) is 5. The van der Waals surface area contributed by atoms with Crippen LogP contribution >= 0.6 is 11.3 Å². The van der Waals surface area contributed by atoms with E-state index in [4.69, 9.17) is 4.74 Å². The van der Waals surface area contributed by atoms with Crippen molar-refractivity contribution in [2.24, 2.45) is 0 Å². The van der Waals surface area contributed by atoms with E-state index in [1.54, 1.807) is 0 Å². The molecular weight excluding hydrogens is 410 g/mol. The Balaban J connectivity index is 1.50. The third kappa shape index (κ3) is 4.83. The number of aromatic nitrogens is 2. The van der Waals surface area contributed by atoms with Crippen LogP contribution in [0.3, 0.4) is 0 Å². The van der Waals surface area contributed by atoms with Crippen molar-refractivity contribution in [3.8, 4) is 16.9 Å². The summed E-state index contributed by atoms with van der Waals surface area (Å²) in [5.74, 6) is 0.575.